The second-order valence-electron chi connectivity index (χ2n) is 6.78. The molecule has 3 rings (SSSR count). The lowest BCUT2D eigenvalue weighted by molar-refractivity contribution is 0.0949. The largest absolute Gasteiger partial charge is 0.491 e. The Bertz CT molecular complexity index is 739. The predicted octanol–water partition coefficient (Wildman–Crippen LogP) is 3.63. The second kappa shape index (κ2) is 9.42. The molecular formula is C22H28N2O3. The topological polar surface area (TPSA) is 50.8 Å². The Balaban J connectivity index is 1.61. The molecule has 144 valence electrons. The van der Waals surface area contributed by atoms with Crippen LogP contribution in [0.1, 0.15) is 36.2 Å². The highest BCUT2D eigenvalue weighted by Crippen LogP contribution is 2.22. The number of morpholine rings is 1. The number of ether oxygens (including phenoxy) is 2. The molecule has 1 aliphatic rings. The number of nitrogens with one attached hydrogen (secondary N) is 1. The summed E-state index contributed by atoms with van der Waals surface area (Å²) < 4.78 is 11.2. The minimum absolute atomic E-state index is 0.0583. The molecule has 27 heavy (non-hydrogen) atoms. The van der Waals surface area contributed by atoms with Crippen LogP contribution in [0.2, 0.25) is 0 Å². The number of amides is 1. The lowest BCUT2D eigenvalue weighted by atomic mass is 10.1. The molecule has 0 aromatic heterocycles. The third-order valence-corrected chi connectivity index (χ3v) is 4.79. The number of para-hydroxylation sites is 1. The van der Waals surface area contributed by atoms with Gasteiger partial charge in [0.25, 0.3) is 5.91 Å². The van der Waals surface area contributed by atoms with Crippen molar-refractivity contribution in [3.05, 3.63) is 59.7 Å². The summed E-state index contributed by atoms with van der Waals surface area (Å²) >= 11 is 0. The maximum Gasteiger partial charge on any atom is 0.253 e. The lowest BCUT2D eigenvalue weighted by Crippen LogP contribution is -2.37. The van der Waals surface area contributed by atoms with Crippen LogP contribution in [0.5, 0.6) is 5.75 Å². The summed E-state index contributed by atoms with van der Waals surface area (Å²) in [5, 5.41) is 3.03. The van der Waals surface area contributed by atoms with Gasteiger partial charge in [-0.25, -0.2) is 0 Å². The monoisotopic (exact) mass is 368 g/mol. The molecule has 0 radical (unpaired) electrons. The number of hydrogen-bond donors (Lipinski definition) is 1. The number of benzene rings is 2. The van der Waals surface area contributed by atoms with Gasteiger partial charge in [0.15, 0.2) is 0 Å². The van der Waals surface area contributed by atoms with E-state index in [9.17, 15) is 4.79 Å². The number of rotatable bonds is 7. The number of nitrogens with zero attached hydrogens (tertiary/aromatic N) is 1. The van der Waals surface area contributed by atoms with Crippen molar-refractivity contribution < 1.29 is 14.3 Å². The van der Waals surface area contributed by atoms with Gasteiger partial charge in [0.1, 0.15) is 5.75 Å². The van der Waals surface area contributed by atoms with Crippen molar-refractivity contribution in [2.75, 3.05) is 31.2 Å². The minimum atomic E-state index is -0.0583. The number of anilines is 1. The van der Waals surface area contributed by atoms with Crippen molar-refractivity contribution in [3.63, 3.8) is 0 Å². The van der Waals surface area contributed by atoms with Crippen LogP contribution >= 0.6 is 0 Å². The van der Waals surface area contributed by atoms with Gasteiger partial charge in [-0.1, -0.05) is 31.2 Å². The van der Waals surface area contributed by atoms with Crippen LogP contribution in [0.4, 0.5) is 5.69 Å². The SMILES string of the molecule is CCC(C)Oc1ccc(CNC(=O)c2ccccc2N2CCOCC2)cc1. The van der Waals surface area contributed by atoms with E-state index in [1.807, 2.05) is 48.5 Å². The molecule has 1 saturated heterocycles. The summed E-state index contributed by atoms with van der Waals surface area (Å²) in [5.41, 5.74) is 2.72. The molecule has 1 heterocycles. The average Bonchev–Trinajstić information content (AvgIpc) is 2.73. The van der Waals surface area contributed by atoms with Crippen molar-refractivity contribution in [1.82, 2.24) is 5.32 Å². The van der Waals surface area contributed by atoms with E-state index in [1.54, 1.807) is 0 Å². The van der Waals surface area contributed by atoms with E-state index in [2.05, 4.69) is 24.1 Å². The first kappa shape index (κ1) is 19.2. The first-order chi connectivity index (χ1) is 13.2. The third kappa shape index (κ3) is 5.23. The summed E-state index contributed by atoms with van der Waals surface area (Å²) in [6, 6.07) is 15.6. The summed E-state index contributed by atoms with van der Waals surface area (Å²) in [7, 11) is 0. The van der Waals surface area contributed by atoms with Gasteiger partial charge in [-0.05, 0) is 43.2 Å². The Kier molecular flexibility index (Phi) is 6.71. The van der Waals surface area contributed by atoms with E-state index in [4.69, 9.17) is 9.47 Å². The van der Waals surface area contributed by atoms with Crippen molar-refractivity contribution >= 4 is 11.6 Å². The molecule has 1 fully saturated rings. The van der Waals surface area contributed by atoms with E-state index in [0.29, 0.717) is 25.3 Å². The first-order valence-electron chi connectivity index (χ1n) is 9.63. The van der Waals surface area contributed by atoms with Crippen molar-refractivity contribution in [1.29, 1.82) is 0 Å². The van der Waals surface area contributed by atoms with Crippen molar-refractivity contribution in [2.45, 2.75) is 32.9 Å². The van der Waals surface area contributed by atoms with E-state index in [-0.39, 0.29) is 12.0 Å². The zero-order chi connectivity index (χ0) is 19.1. The van der Waals surface area contributed by atoms with Gasteiger partial charge in [-0.3, -0.25) is 4.79 Å². The van der Waals surface area contributed by atoms with E-state index in [0.717, 1.165) is 36.5 Å². The zero-order valence-electron chi connectivity index (χ0n) is 16.1. The van der Waals surface area contributed by atoms with Gasteiger partial charge < -0.3 is 19.7 Å². The van der Waals surface area contributed by atoms with Crippen LogP contribution in [0.25, 0.3) is 0 Å². The Hall–Kier alpha value is -2.53. The molecule has 2 aromatic carbocycles. The molecular weight excluding hydrogens is 340 g/mol. The maximum atomic E-state index is 12.7. The highest BCUT2D eigenvalue weighted by molar-refractivity contribution is 5.99. The standard InChI is InChI=1S/C22H28N2O3/c1-3-17(2)27-19-10-8-18(9-11-19)16-23-22(25)20-6-4-5-7-21(20)24-12-14-26-15-13-24/h4-11,17H,3,12-16H2,1-2H3,(H,23,25). The number of carbonyl (C=O) groups excluding carboxylic acids is 1. The van der Waals surface area contributed by atoms with Gasteiger partial charge in [0.05, 0.1) is 24.9 Å². The molecule has 2 aromatic rings. The highest BCUT2D eigenvalue weighted by atomic mass is 16.5. The Morgan fingerprint density at radius 3 is 2.56 bits per heavy atom. The molecule has 0 spiro atoms. The fourth-order valence-electron chi connectivity index (χ4n) is 3.02. The summed E-state index contributed by atoms with van der Waals surface area (Å²) in [4.78, 5) is 14.9. The van der Waals surface area contributed by atoms with Crippen LogP contribution in [0.15, 0.2) is 48.5 Å². The second-order valence-corrected chi connectivity index (χ2v) is 6.78. The normalized spacial score (nSPS) is 15.3. The van der Waals surface area contributed by atoms with Crippen LogP contribution in [-0.4, -0.2) is 38.3 Å². The molecule has 1 atom stereocenters. The molecule has 0 saturated carbocycles. The Labute approximate surface area is 161 Å². The average molecular weight is 368 g/mol. The zero-order valence-corrected chi connectivity index (χ0v) is 16.1. The smallest absolute Gasteiger partial charge is 0.253 e. The van der Waals surface area contributed by atoms with Gasteiger partial charge in [0.2, 0.25) is 0 Å². The Morgan fingerprint density at radius 2 is 1.85 bits per heavy atom. The molecule has 1 N–H and O–H groups in total. The molecule has 1 aliphatic heterocycles. The van der Waals surface area contributed by atoms with Crippen LogP contribution in [0, 0.1) is 0 Å². The number of carbonyl (C=O) groups is 1. The molecule has 5 nitrogen and oxygen atoms in total. The number of hydrogen-bond acceptors (Lipinski definition) is 4. The van der Waals surface area contributed by atoms with Crippen molar-refractivity contribution in [2.24, 2.45) is 0 Å². The first-order valence-corrected chi connectivity index (χ1v) is 9.63. The molecule has 1 amide bonds. The van der Waals surface area contributed by atoms with E-state index < -0.39 is 0 Å². The van der Waals surface area contributed by atoms with E-state index >= 15 is 0 Å². The summed E-state index contributed by atoms with van der Waals surface area (Å²) in [6.07, 6.45) is 1.17. The van der Waals surface area contributed by atoms with Gasteiger partial charge in [-0.2, -0.15) is 0 Å². The molecule has 5 heteroatoms. The predicted molar refractivity (Wildman–Crippen MR) is 107 cm³/mol. The van der Waals surface area contributed by atoms with Crippen LogP contribution < -0.4 is 15.0 Å². The molecule has 1 unspecified atom stereocenters. The summed E-state index contributed by atoms with van der Waals surface area (Å²) in [5.74, 6) is 0.800. The van der Waals surface area contributed by atoms with Crippen LogP contribution in [0.3, 0.4) is 0 Å². The highest BCUT2D eigenvalue weighted by Gasteiger charge is 2.18. The van der Waals surface area contributed by atoms with Crippen LogP contribution in [-0.2, 0) is 11.3 Å². The van der Waals surface area contributed by atoms with Gasteiger partial charge in [-0.15, -0.1) is 0 Å². The van der Waals surface area contributed by atoms with Gasteiger partial charge in [0, 0.05) is 25.3 Å². The molecule has 0 aliphatic carbocycles. The minimum Gasteiger partial charge on any atom is -0.491 e. The van der Waals surface area contributed by atoms with Gasteiger partial charge >= 0.3 is 0 Å². The molecule has 0 bridgehead atoms. The van der Waals surface area contributed by atoms with E-state index in [1.165, 1.54) is 0 Å². The van der Waals surface area contributed by atoms with Crippen molar-refractivity contribution in [3.8, 4) is 5.75 Å². The fraction of sp³-hybridized carbons (Fsp3) is 0.409. The lowest BCUT2D eigenvalue weighted by Gasteiger charge is -2.30. The fourth-order valence-corrected chi connectivity index (χ4v) is 3.02. The quantitative estimate of drug-likeness (QED) is 0.811. The summed E-state index contributed by atoms with van der Waals surface area (Å²) in [6.45, 7) is 7.65. The maximum absolute atomic E-state index is 12.7. The Morgan fingerprint density at radius 1 is 1.15 bits per heavy atom. The third-order valence-electron chi connectivity index (χ3n) is 4.79.